The Labute approximate surface area is 149 Å². The van der Waals surface area contributed by atoms with E-state index < -0.39 is 0 Å². The highest BCUT2D eigenvalue weighted by Crippen LogP contribution is 2.52. The molecule has 2 aliphatic rings. The molecule has 0 N–H and O–H groups in total. The van der Waals surface area contributed by atoms with Crippen molar-refractivity contribution in [3.05, 3.63) is 56.8 Å². The predicted molar refractivity (Wildman–Crippen MR) is 101 cm³/mol. The second-order valence-electron chi connectivity index (χ2n) is 7.59. The van der Waals surface area contributed by atoms with Crippen molar-refractivity contribution in [2.75, 3.05) is 20.2 Å². The van der Waals surface area contributed by atoms with Gasteiger partial charge in [-0.25, -0.2) is 0 Å². The molecule has 3 heteroatoms. The number of aryl methyl sites for hydroxylation is 2. The van der Waals surface area contributed by atoms with Crippen molar-refractivity contribution in [1.82, 2.24) is 4.90 Å². The van der Waals surface area contributed by atoms with Gasteiger partial charge in [0.05, 0.1) is 6.10 Å². The SMILES string of the molecule is COC1CC2(CCN(Cc3ccc(C)s3)CC2)c2ccc(C)cc21. The van der Waals surface area contributed by atoms with Crippen LogP contribution in [0, 0.1) is 13.8 Å². The molecule has 0 saturated carbocycles. The van der Waals surface area contributed by atoms with E-state index in [1.807, 2.05) is 18.4 Å². The van der Waals surface area contributed by atoms with Crippen molar-refractivity contribution in [2.24, 2.45) is 0 Å². The normalized spacial score (nSPS) is 22.9. The summed E-state index contributed by atoms with van der Waals surface area (Å²) in [7, 11) is 1.87. The van der Waals surface area contributed by atoms with Gasteiger partial charge in [0, 0.05) is 28.8 Å². The number of nitrogens with zero attached hydrogens (tertiary/aromatic N) is 1. The van der Waals surface area contributed by atoms with Crippen molar-refractivity contribution in [2.45, 2.75) is 51.2 Å². The Hall–Kier alpha value is -1.16. The van der Waals surface area contributed by atoms with Crippen molar-refractivity contribution >= 4 is 11.3 Å². The predicted octanol–water partition coefficient (Wildman–Crippen LogP) is 4.99. The quantitative estimate of drug-likeness (QED) is 0.780. The molecule has 2 heterocycles. The van der Waals surface area contributed by atoms with E-state index in [9.17, 15) is 0 Å². The summed E-state index contributed by atoms with van der Waals surface area (Å²) in [4.78, 5) is 5.55. The monoisotopic (exact) mass is 341 g/mol. The van der Waals surface area contributed by atoms with Crippen LogP contribution in [0.1, 0.15) is 51.8 Å². The zero-order valence-electron chi connectivity index (χ0n) is 15.0. The largest absolute Gasteiger partial charge is 0.377 e. The number of hydrogen-bond acceptors (Lipinski definition) is 3. The standard InChI is InChI=1S/C21H27NOS/c1-15-4-7-19-18(12-15)20(23-3)13-21(19)8-10-22(11-9-21)14-17-6-5-16(2)24-17/h4-7,12,20H,8-11,13-14H2,1-3H3. The second kappa shape index (κ2) is 6.29. The van der Waals surface area contributed by atoms with E-state index in [1.165, 1.54) is 46.8 Å². The number of piperidine rings is 1. The number of hydrogen-bond donors (Lipinski definition) is 0. The van der Waals surface area contributed by atoms with Crippen LogP contribution < -0.4 is 0 Å². The van der Waals surface area contributed by atoms with E-state index in [2.05, 4.69) is 49.1 Å². The molecule has 4 rings (SSSR count). The molecule has 0 bridgehead atoms. The third-order valence-corrected chi connectivity index (χ3v) is 6.96. The molecule has 1 fully saturated rings. The number of fused-ring (bicyclic) bond motifs is 2. The lowest BCUT2D eigenvalue weighted by Gasteiger charge is -2.40. The fourth-order valence-corrected chi connectivity index (χ4v) is 5.55. The van der Waals surface area contributed by atoms with Crippen LogP contribution in [-0.4, -0.2) is 25.1 Å². The molecule has 1 saturated heterocycles. The molecular weight excluding hydrogens is 314 g/mol. The molecule has 1 spiro atoms. The fraction of sp³-hybridized carbons (Fsp3) is 0.524. The highest BCUT2D eigenvalue weighted by atomic mass is 32.1. The lowest BCUT2D eigenvalue weighted by atomic mass is 9.73. The third kappa shape index (κ3) is 2.83. The first-order valence-electron chi connectivity index (χ1n) is 9.01. The van der Waals surface area contributed by atoms with Crippen LogP contribution in [0.3, 0.4) is 0 Å². The molecule has 2 nitrogen and oxygen atoms in total. The van der Waals surface area contributed by atoms with Crippen LogP contribution in [-0.2, 0) is 16.7 Å². The average molecular weight is 342 g/mol. The summed E-state index contributed by atoms with van der Waals surface area (Å²) >= 11 is 1.94. The summed E-state index contributed by atoms with van der Waals surface area (Å²) in [6.07, 6.45) is 3.96. The van der Waals surface area contributed by atoms with Crippen molar-refractivity contribution in [3.8, 4) is 0 Å². The number of likely N-dealkylation sites (tertiary alicyclic amines) is 1. The molecule has 1 atom stereocenters. The van der Waals surface area contributed by atoms with E-state index in [-0.39, 0.29) is 6.10 Å². The molecule has 0 amide bonds. The average Bonchev–Trinajstić information content (AvgIpc) is 3.11. The molecule has 24 heavy (non-hydrogen) atoms. The van der Waals surface area contributed by atoms with Gasteiger partial charge in [0.25, 0.3) is 0 Å². The first-order valence-corrected chi connectivity index (χ1v) is 9.83. The van der Waals surface area contributed by atoms with Gasteiger partial charge in [-0.15, -0.1) is 11.3 Å². The van der Waals surface area contributed by atoms with Gasteiger partial charge >= 0.3 is 0 Å². The van der Waals surface area contributed by atoms with E-state index in [0.29, 0.717) is 5.41 Å². The number of methoxy groups -OCH3 is 1. The maximum atomic E-state index is 5.83. The Morgan fingerprint density at radius 1 is 1.17 bits per heavy atom. The topological polar surface area (TPSA) is 12.5 Å². The summed E-state index contributed by atoms with van der Waals surface area (Å²) in [5.74, 6) is 0. The molecule has 1 aromatic carbocycles. The van der Waals surface area contributed by atoms with Crippen LogP contribution in [0.15, 0.2) is 30.3 Å². The Morgan fingerprint density at radius 3 is 2.62 bits per heavy atom. The fourth-order valence-electron chi connectivity index (χ4n) is 4.62. The smallest absolute Gasteiger partial charge is 0.0832 e. The van der Waals surface area contributed by atoms with Gasteiger partial charge in [-0.1, -0.05) is 23.8 Å². The van der Waals surface area contributed by atoms with E-state index in [0.717, 1.165) is 13.0 Å². The van der Waals surface area contributed by atoms with E-state index in [4.69, 9.17) is 4.74 Å². The minimum Gasteiger partial charge on any atom is -0.377 e. The molecule has 2 aromatic rings. The lowest BCUT2D eigenvalue weighted by molar-refractivity contribution is 0.0688. The summed E-state index contributed by atoms with van der Waals surface area (Å²) in [5, 5.41) is 0. The van der Waals surface area contributed by atoms with Crippen LogP contribution >= 0.6 is 11.3 Å². The Bertz CT molecular complexity index is 727. The number of ether oxygens (including phenoxy) is 1. The van der Waals surface area contributed by atoms with Crippen molar-refractivity contribution in [3.63, 3.8) is 0 Å². The molecular formula is C21H27NOS. The van der Waals surface area contributed by atoms with Gasteiger partial charge in [-0.05, 0) is 69.5 Å². The van der Waals surface area contributed by atoms with Gasteiger partial charge < -0.3 is 4.74 Å². The van der Waals surface area contributed by atoms with E-state index >= 15 is 0 Å². The Morgan fingerprint density at radius 2 is 1.96 bits per heavy atom. The number of benzene rings is 1. The van der Waals surface area contributed by atoms with Gasteiger partial charge in [-0.3, -0.25) is 4.90 Å². The molecule has 1 aromatic heterocycles. The van der Waals surface area contributed by atoms with Crippen LogP contribution in [0.5, 0.6) is 0 Å². The first kappa shape index (κ1) is 16.3. The van der Waals surface area contributed by atoms with Crippen LogP contribution in [0.25, 0.3) is 0 Å². The zero-order valence-corrected chi connectivity index (χ0v) is 15.8. The molecule has 0 radical (unpaired) electrons. The first-order chi connectivity index (χ1) is 11.6. The Kier molecular flexibility index (Phi) is 4.27. The molecule has 1 unspecified atom stereocenters. The number of rotatable bonds is 3. The highest BCUT2D eigenvalue weighted by Gasteiger charge is 2.45. The van der Waals surface area contributed by atoms with Gasteiger partial charge in [-0.2, -0.15) is 0 Å². The maximum Gasteiger partial charge on any atom is 0.0832 e. The van der Waals surface area contributed by atoms with Crippen molar-refractivity contribution in [1.29, 1.82) is 0 Å². The summed E-state index contributed by atoms with van der Waals surface area (Å²) in [6.45, 7) is 7.88. The van der Waals surface area contributed by atoms with Crippen LogP contribution in [0.4, 0.5) is 0 Å². The van der Waals surface area contributed by atoms with Gasteiger partial charge in [0.15, 0.2) is 0 Å². The zero-order chi connectivity index (χ0) is 16.7. The van der Waals surface area contributed by atoms with E-state index in [1.54, 1.807) is 5.56 Å². The Balaban J connectivity index is 1.51. The summed E-state index contributed by atoms with van der Waals surface area (Å²) in [5.41, 5.74) is 4.69. The van der Waals surface area contributed by atoms with Crippen LogP contribution in [0.2, 0.25) is 0 Å². The minimum absolute atomic E-state index is 0.284. The van der Waals surface area contributed by atoms with Crippen molar-refractivity contribution < 1.29 is 4.74 Å². The summed E-state index contributed by atoms with van der Waals surface area (Å²) in [6, 6.07) is 11.5. The summed E-state index contributed by atoms with van der Waals surface area (Å²) < 4.78 is 5.83. The molecule has 128 valence electrons. The van der Waals surface area contributed by atoms with Gasteiger partial charge in [0.2, 0.25) is 0 Å². The van der Waals surface area contributed by atoms with Gasteiger partial charge in [0.1, 0.15) is 0 Å². The lowest BCUT2D eigenvalue weighted by Crippen LogP contribution is -2.41. The third-order valence-electron chi connectivity index (χ3n) is 5.97. The second-order valence-corrected chi connectivity index (χ2v) is 8.96. The minimum atomic E-state index is 0.284. The maximum absolute atomic E-state index is 5.83. The number of thiophene rings is 1. The molecule has 1 aliphatic carbocycles. The highest BCUT2D eigenvalue weighted by molar-refractivity contribution is 7.11. The molecule has 1 aliphatic heterocycles.